The SMILES string of the molecule is Cc1ccc(NC(=O)C[N+]23CCN(CC2)CC3)cc1Cl. The van der Waals surface area contributed by atoms with Gasteiger partial charge in [-0.3, -0.25) is 9.69 Å². The summed E-state index contributed by atoms with van der Waals surface area (Å²) in [7, 11) is 0. The third-order valence-electron chi connectivity index (χ3n) is 4.61. The molecule has 0 aromatic heterocycles. The van der Waals surface area contributed by atoms with Crippen LogP contribution in [0.25, 0.3) is 0 Å². The van der Waals surface area contributed by atoms with Crippen LogP contribution >= 0.6 is 11.6 Å². The van der Waals surface area contributed by atoms with Crippen LogP contribution in [-0.2, 0) is 4.79 Å². The summed E-state index contributed by atoms with van der Waals surface area (Å²) in [5.74, 6) is 0.0975. The van der Waals surface area contributed by atoms with Gasteiger partial charge in [0.15, 0.2) is 6.54 Å². The fourth-order valence-corrected chi connectivity index (χ4v) is 3.32. The lowest BCUT2D eigenvalue weighted by Crippen LogP contribution is -2.68. The maximum atomic E-state index is 12.3. The number of nitrogens with one attached hydrogen (secondary N) is 1. The van der Waals surface area contributed by atoms with Crippen LogP contribution < -0.4 is 5.32 Å². The van der Waals surface area contributed by atoms with Crippen LogP contribution in [0.4, 0.5) is 5.69 Å². The molecule has 1 aromatic carbocycles. The highest BCUT2D eigenvalue weighted by molar-refractivity contribution is 6.31. The van der Waals surface area contributed by atoms with Crippen molar-refractivity contribution in [1.82, 2.24) is 4.90 Å². The number of aryl methyl sites for hydroxylation is 1. The van der Waals surface area contributed by atoms with Crippen molar-refractivity contribution in [2.24, 2.45) is 0 Å². The number of carbonyl (C=O) groups is 1. The van der Waals surface area contributed by atoms with E-state index in [-0.39, 0.29) is 5.91 Å². The predicted octanol–water partition coefficient (Wildman–Crippen LogP) is 1.73. The van der Waals surface area contributed by atoms with E-state index in [9.17, 15) is 4.79 Å². The number of amides is 1. The van der Waals surface area contributed by atoms with Gasteiger partial charge in [0.05, 0.1) is 19.6 Å². The number of hydrogen-bond donors (Lipinski definition) is 1. The summed E-state index contributed by atoms with van der Waals surface area (Å²) in [6, 6.07) is 5.67. The first-order chi connectivity index (χ1) is 9.56. The molecule has 1 N–H and O–H groups in total. The summed E-state index contributed by atoms with van der Waals surface area (Å²) in [6.45, 7) is 9.22. The van der Waals surface area contributed by atoms with Gasteiger partial charge < -0.3 is 9.80 Å². The smallest absolute Gasteiger partial charge is 0.279 e. The van der Waals surface area contributed by atoms with Crippen molar-refractivity contribution in [3.63, 3.8) is 0 Å². The minimum absolute atomic E-state index is 0.0975. The highest BCUT2D eigenvalue weighted by Gasteiger charge is 2.39. The summed E-state index contributed by atoms with van der Waals surface area (Å²) in [4.78, 5) is 14.8. The van der Waals surface area contributed by atoms with Gasteiger partial charge >= 0.3 is 0 Å². The fourth-order valence-electron chi connectivity index (χ4n) is 3.14. The summed E-state index contributed by atoms with van der Waals surface area (Å²) < 4.78 is 0.946. The molecular formula is C15H21ClN3O+. The number of piperazine rings is 3. The van der Waals surface area contributed by atoms with Gasteiger partial charge in [0.1, 0.15) is 0 Å². The van der Waals surface area contributed by atoms with Crippen LogP contribution in [0.15, 0.2) is 18.2 Å². The molecule has 0 atom stereocenters. The number of halogens is 1. The van der Waals surface area contributed by atoms with Crippen molar-refractivity contribution < 1.29 is 9.28 Å². The second kappa shape index (κ2) is 5.35. The Morgan fingerprint density at radius 1 is 1.30 bits per heavy atom. The lowest BCUT2D eigenvalue weighted by Gasteiger charge is -2.50. The van der Waals surface area contributed by atoms with Crippen molar-refractivity contribution in [2.75, 3.05) is 51.1 Å². The molecular weight excluding hydrogens is 274 g/mol. The molecule has 3 fully saturated rings. The van der Waals surface area contributed by atoms with Crippen LogP contribution in [0.3, 0.4) is 0 Å². The lowest BCUT2D eigenvalue weighted by molar-refractivity contribution is -0.933. The van der Waals surface area contributed by atoms with E-state index in [0.717, 1.165) is 55.0 Å². The van der Waals surface area contributed by atoms with Crippen molar-refractivity contribution in [3.8, 4) is 0 Å². The van der Waals surface area contributed by atoms with E-state index in [4.69, 9.17) is 11.6 Å². The second-order valence-corrected chi connectivity index (χ2v) is 6.43. The third kappa shape index (κ3) is 2.82. The van der Waals surface area contributed by atoms with E-state index < -0.39 is 0 Å². The normalized spacial score (nSPS) is 28.4. The molecule has 0 spiro atoms. The molecule has 4 rings (SSSR count). The summed E-state index contributed by atoms with van der Waals surface area (Å²) in [6.07, 6.45) is 0. The minimum Gasteiger partial charge on any atom is -0.321 e. The molecule has 0 radical (unpaired) electrons. The number of hydrogen-bond acceptors (Lipinski definition) is 2. The number of rotatable bonds is 3. The van der Waals surface area contributed by atoms with Crippen molar-refractivity contribution in [1.29, 1.82) is 0 Å². The molecule has 108 valence electrons. The van der Waals surface area contributed by atoms with E-state index in [2.05, 4.69) is 10.2 Å². The average molecular weight is 295 g/mol. The zero-order valence-electron chi connectivity index (χ0n) is 11.9. The van der Waals surface area contributed by atoms with Crippen LogP contribution in [0.1, 0.15) is 5.56 Å². The second-order valence-electron chi connectivity index (χ2n) is 6.02. The van der Waals surface area contributed by atoms with Gasteiger partial charge in [-0.05, 0) is 24.6 Å². The maximum Gasteiger partial charge on any atom is 0.279 e. The van der Waals surface area contributed by atoms with Crippen molar-refractivity contribution >= 4 is 23.2 Å². The van der Waals surface area contributed by atoms with Crippen LogP contribution in [0.5, 0.6) is 0 Å². The Bertz CT molecular complexity index is 510. The zero-order chi connectivity index (χ0) is 14.2. The Labute approximate surface area is 124 Å². The first-order valence-electron chi connectivity index (χ1n) is 7.20. The molecule has 4 nitrogen and oxygen atoms in total. The van der Waals surface area contributed by atoms with Gasteiger partial charge in [0.2, 0.25) is 0 Å². The van der Waals surface area contributed by atoms with Gasteiger partial charge in [-0.25, -0.2) is 0 Å². The number of carbonyl (C=O) groups excluding carboxylic acids is 1. The van der Waals surface area contributed by atoms with Crippen LogP contribution in [0.2, 0.25) is 5.02 Å². The standard InChI is InChI=1S/C15H20ClN3O/c1-12-2-3-13(10-14(12)16)17-15(20)11-19-7-4-18(5-8-19)6-9-19/h2-3,10H,4-9,11H2,1H3/p+1. The highest BCUT2D eigenvalue weighted by atomic mass is 35.5. The topological polar surface area (TPSA) is 32.3 Å². The van der Waals surface area contributed by atoms with E-state index in [1.165, 1.54) is 0 Å². The lowest BCUT2D eigenvalue weighted by atomic mass is 10.1. The number of benzene rings is 1. The molecule has 3 aliphatic heterocycles. The summed E-state index contributed by atoms with van der Waals surface area (Å²) >= 11 is 6.09. The van der Waals surface area contributed by atoms with Crippen LogP contribution in [0, 0.1) is 6.92 Å². The average Bonchev–Trinajstić information content (AvgIpc) is 2.44. The Balaban J connectivity index is 1.63. The Kier molecular flexibility index (Phi) is 3.71. The van der Waals surface area contributed by atoms with E-state index in [0.29, 0.717) is 11.6 Å². The van der Waals surface area contributed by atoms with E-state index in [1.807, 2.05) is 25.1 Å². The first-order valence-corrected chi connectivity index (χ1v) is 7.58. The molecule has 3 saturated heterocycles. The molecule has 20 heavy (non-hydrogen) atoms. The van der Waals surface area contributed by atoms with Gasteiger partial charge in [-0.2, -0.15) is 0 Å². The number of anilines is 1. The molecule has 2 bridgehead atoms. The Morgan fingerprint density at radius 3 is 2.55 bits per heavy atom. The first kappa shape index (κ1) is 13.9. The monoisotopic (exact) mass is 294 g/mol. The molecule has 0 aliphatic carbocycles. The van der Waals surface area contributed by atoms with E-state index in [1.54, 1.807) is 0 Å². The Morgan fingerprint density at radius 2 is 1.95 bits per heavy atom. The number of fused-ring (bicyclic) bond motifs is 3. The Hall–Kier alpha value is -1.10. The molecule has 3 heterocycles. The molecule has 1 amide bonds. The summed E-state index contributed by atoms with van der Waals surface area (Å²) in [5.41, 5.74) is 1.82. The van der Waals surface area contributed by atoms with E-state index >= 15 is 0 Å². The van der Waals surface area contributed by atoms with Crippen molar-refractivity contribution in [3.05, 3.63) is 28.8 Å². The van der Waals surface area contributed by atoms with Crippen LogP contribution in [-0.4, -0.2) is 61.1 Å². The molecule has 0 saturated carbocycles. The van der Waals surface area contributed by atoms with Gasteiger partial charge in [-0.15, -0.1) is 0 Å². The molecule has 0 unspecified atom stereocenters. The molecule has 1 aromatic rings. The molecule has 5 heteroatoms. The minimum atomic E-state index is 0.0975. The maximum absolute atomic E-state index is 12.3. The predicted molar refractivity (Wildman–Crippen MR) is 81.0 cm³/mol. The molecule has 3 aliphatic rings. The van der Waals surface area contributed by atoms with Crippen molar-refractivity contribution in [2.45, 2.75) is 6.92 Å². The van der Waals surface area contributed by atoms with Gasteiger partial charge in [-0.1, -0.05) is 17.7 Å². The highest BCUT2D eigenvalue weighted by Crippen LogP contribution is 2.22. The third-order valence-corrected chi connectivity index (χ3v) is 5.01. The number of quaternary nitrogens is 1. The summed E-state index contributed by atoms with van der Waals surface area (Å²) in [5, 5.41) is 3.68. The largest absolute Gasteiger partial charge is 0.321 e. The zero-order valence-corrected chi connectivity index (χ0v) is 12.6. The van der Waals surface area contributed by atoms with Gasteiger partial charge in [0.25, 0.3) is 5.91 Å². The fraction of sp³-hybridized carbons (Fsp3) is 0.533. The quantitative estimate of drug-likeness (QED) is 0.861. The van der Waals surface area contributed by atoms with Gasteiger partial charge in [0, 0.05) is 30.3 Å². The number of nitrogens with zero attached hydrogens (tertiary/aromatic N) is 2.